The Bertz CT molecular complexity index is 398. The van der Waals surface area contributed by atoms with Gasteiger partial charge in [0.1, 0.15) is 17.6 Å². The van der Waals surface area contributed by atoms with Gasteiger partial charge in [-0.3, -0.25) is 4.79 Å². The van der Waals surface area contributed by atoms with Crippen LogP contribution in [0.15, 0.2) is 18.2 Å². The summed E-state index contributed by atoms with van der Waals surface area (Å²) in [6, 6.07) is 4.93. The minimum atomic E-state index is -1.03. The van der Waals surface area contributed by atoms with Crippen LogP contribution >= 0.6 is 0 Å². The molecule has 1 unspecified atom stereocenters. The van der Waals surface area contributed by atoms with Crippen molar-refractivity contribution in [3.05, 3.63) is 23.8 Å². The number of carbonyl (C=O) groups excluding carboxylic acids is 1. The standard InChI is InChI=1S/C13H18O4/c1-8(2)12(14)13(15)10-7-9(16-3)5-6-11(10)17-4/h5-8,12,14H,1-4H3. The van der Waals surface area contributed by atoms with E-state index >= 15 is 0 Å². The molecule has 1 atom stereocenters. The number of rotatable bonds is 5. The molecule has 0 spiro atoms. The number of carbonyl (C=O) groups is 1. The minimum Gasteiger partial charge on any atom is -0.497 e. The van der Waals surface area contributed by atoms with Crippen LogP contribution in [0, 0.1) is 5.92 Å². The lowest BCUT2D eigenvalue weighted by molar-refractivity contribution is 0.0644. The second-order valence-electron chi connectivity index (χ2n) is 4.12. The van der Waals surface area contributed by atoms with E-state index in [1.807, 2.05) is 0 Å². The van der Waals surface area contributed by atoms with Crippen LogP contribution in [-0.2, 0) is 0 Å². The van der Waals surface area contributed by atoms with Crippen molar-refractivity contribution in [3.63, 3.8) is 0 Å². The third kappa shape index (κ3) is 2.97. The van der Waals surface area contributed by atoms with Crippen LogP contribution < -0.4 is 9.47 Å². The number of aliphatic hydroxyl groups is 1. The van der Waals surface area contributed by atoms with E-state index in [2.05, 4.69) is 0 Å². The number of Topliss-reactive ketones (excluding diaryl/α,β-unsaturated/α-hetero) is 1. The summed E-state index contributed by atoms with van der Waals surface area (Å²) in [4.78, 5) is 12.0. The summed E-state index contributed by atoms with van der Waals surface area (Å²) < 4.78 is 10.2. The van der Waals surface area contributed by atoms with Gasteiger partial charge < -0.3 is 14.6 Å². The monoisotopic (exact) mass is 238 g/mol. The Balaban J connectivity index is 3.14. The van der Waals surface area contributed by atoms with Crippen molar-refractivity contribution in [1.29, 1.82) is 0 Å². The molecule has 0 aromatic heterocycles. The van der Waals surface area contributed by atoms with Crippen LogP contribution in [0.25, 0.3) is 0 Å². The molecule has 4 heteroatoms. The van der Waals surface area contributed by atoms with Crippen LogP contribution in [0.3, 0.4) is 0 Å². The highest BCUT2D eigenvalue weighted by Gasteiger charge is 2.23. The number of hydrogen-bond acceptors (Lipinski definition) is 4. The number of benzene rings is 1. The molecule has 0 fully saturated rings. The number of aliphatic hydroxyl groups excluding tert-OH is 1. The molecule has 4 nitrogen and oxygen atoms in total. The van der Waals surface area contributed by atoms with Gasteiger partial charge in [0.05, 0.1) is 19.8 Å². The molecule has 17 heavy (non-hydrogen) atoms. The van der Waals surface area contributed by atoms with Crippen LogP contribution in [0.5, 0.6) is 11.5 Å². The SMILES string of the molecule is COc1ccc(OC)c(C(=O)C(O)C(C)C)c1. The molecule has 1 aromatic rings. The van der Waals surface area contributed by atoms with Crippen LogP contribution in [0.2, 0.25) is 0 Å². The van der Waals surface area contributed by atoms with Crippen molar-refractivity contribution >= 4 is 5.78 Å². The van der Waals surface area contributed by atoms with Gasteiger partial charge in [-0.2, -0.15) is 0 Å². The molecule has 0 aliphatic heterocycles. The van der Waals surface area contributed by atoms with Gasteiger partial charge in [-0.05, 0) is 24.1 Å². The lowest BCUT2D eigenvalue weighted by atomic mass is 9.97. The van der Waals surface area contributed by atoms with E-state index in [0.29, 0.717) is 17.1 Å². The Morgan fingerprint density at radius 3 is 2.35 bits per heavy atom. The second kappa shape index (κ2) is 5.68. The average molecular weight is 238 g/mol. The predicted octanol–water partition coefficient (Wildman–Crippen LogP) is 1.90. The van der Waals surface area contributed by atoms with E-state index in [1.54, 1.807) is 32.0 Å². The summed E-state index contributed by atoms with van der Waals surface area (Å²) in [5, 5.41) is 9.79. The molecule has 1 rings (SSSR count). The fraction of sp³-hybridized carbons (Fsp3) is 0.462. The molecule has 0 bridgehead atoms. The number of ketones is 1. The summed E-state index contributed by atoms with van der Waals surface area (Å²) in [5.41, 5.74) is 0.341. The van der Waals surface area contributed by atoms with Crippen molar-refractivity contribution in [2.75, 3.05) is 14.2 Å². The molecular formula is C13H18O4. The zero-order valence-electron chi connectivity index (χ0n) is 10.6. The quantitative estimate of drug-likeness (QED) is 0.796. The molecule has 0 heterocycles. The zero-order chi connectivity index (χ0) is 13.0. The molecule has 0 radical (unpaired) electrons. The first kappa shape index (κ1) is 13.5. The van der Waals surface area contributed by atoms with Gasteiger partial charge >= 0.3 is 0 Å². The number of hydrogen-bond donors (Lipinski definition) is 1. The van der Waals surface area contributed by atoms with E-state index in [-0.39, 0.29) is 11.7 Å². The number of methoxy groups -OCH3 is 2. The van der Waals surface area contributed by atoms with Gasteiger partial charge in [0.25, 0.3) is 0 Å². The molecule has 0 aliphatic carbocycles. The van der Waals surface area contributed by atoms with Gasteiger partial charge in [0.15, 0.2) is 5.78 Å². The maximum absolute atomic E-state index is 12.0. The van der Waals surface area contributed by atoms with Gasteiger partial charge in [0, 0.05) is 0 Å². The van der Waals surface area contributed by atoms with Gasteiger partial charge in [-0.1, -0.05) is 13.8 Å². The Kier molecular flexibility index (Phi) is 4.52. The first-order chi connectivity index (χ1) is 8.01. The lowest BCUT2D eigenvalue weighted by Gasteiger charge is -2.15. The molecule has 1 N–H and O–H groups in total. The molecular weight excluding hydrogens is 220 g/mol. The third-order valence-corrected chi connectivity index (χ3v) is 2.57. The Morgan fingerprint density at radius 2 is 1.88 bits per heavy atom. The fourth-order valence-corrected chi connectivity index (χ4v) is 1.47. The smallest absolute Gasteiger partial charge is 0.195 e. The van der Waals surface area contributed by atoms with E-state index in [9.17, 15) is 9.90 Å². The van der Waals surface area contributed by atoms with Crippen LogP contribution in [-0.4, -0.2) is 31.2 Å². The average Bonchev–Trinajstić information content (AvgIpc) is 2.35. The maximum atomic E-state index is 12.0. The first-order valence-electron chi connectivity index (χ1n) is 5.45. The largest absolute Gasteiger partial charge is 0.497 e. The van der Waals surface area contributed by atoms with Crippen molar-refractivity contribution in [3.8, 4) is 11.5 Å². The van der Waals surface area contributed by atoms with Gasteiger partial charge in [-0.15, -0.1) is 0 Å². The van der Waals surface area contributed by atoms with E-state index in [4.69, 9.17) is 9.47 Å². The Morgan fingerprint density at radius 1 is 1.24 bits per heavy atom. The highest BCUT2D eigenvalue weighted by atomic mass is 16.5. The summed E-state index contributed by atoms with van der Waals surface area (Å²) in [6.45, 7) is 3.57. The molecule has 1 aromatic carbocycles. The first-order valence-corrected chi connectivity index (χ1v) is 5.45. The topological polar surface area (TPSA) is 55.8 Å². The normalized spacial score (nSPS) is 12.4. The second-order valence-corrected chi connectivity index (χ2v) is 4.12. The summed E-state index contributed by atoms with van der Waals surface area (Å²) >= 11 is 0. The van der Waals surface area contributed by atoms with E-state index in [0.717, 1.165) is 0 Å². The zero-order valence-corrected chi connectivity index (χ0v) is 10.6. The van der Waals surface area contributed by atoms with Crippen molar-refractivity contribution in [2.45, 2.75) is 20.0 Å². The van der Waals surface area contributed by atoms with Crippen LogP contribution in [0.1, 0.15) is 24.2 Å². The summed E-state index contributed by atoms with van der Waals surface area (Å²) in [7, 11) is 3.01. The van der Waals surface area contributed by atoms with Gasteiger partial charge in [0.2, 0.25) is 0 Å². The third-order valence-electron chi connectivity index (χ3n) is 2.57. The molecule has 0 amide bonds. The van der Waals surface area contributed by atoms with E-state index < -0.39 is 6.10 Å². The molecule has 94 valence electrons. The molecule has 0 saturated heterocycles. The molecule has 0 saturated carbocycles. The fourth-order valence-electron chi connectivity index (χ4n) is 1.47. The maximum Gasteiger partial charge on any atom is 0.195 e. The minimum absolute atomic E-state index is 0.140. The van der Waals surface area contributed by atoms with Crippen LogP contribution in [0.4, 0.5) is 0 Å². The van der Waals surface area contributed by atoms with Gasteiger partial charge in [-0.25, -0.2) is 0 Å². The lowest BCUT2D eigenvalue weighted by Crippen LogP contribution is -2.26. The molecule has 0 aliphatic rings. The summed E-state index contributed by atoms with van der Waals surface area (Å²) in [5.74, 6) is 0.509. The Hall–Kier alpha value is -1.55. The summed E-state index contributed by atoms with van der Waals surface area (Å²) in [6.07, 6.45) is -1.03. The Labute approximate surface area is 101 Å². The van der Waals surface area contributed by atoms with Crippen molar-refractivity contribution in [2.24, 2.45) is 5.92 Å². The highest BCUT2D eigenvalue weighted by Crippen LogP contribution is 2.26. The predicted molar refractivity (Wildman–Crippen MR) is 64.7 cm³/mol. The van der Waals surface area contributed by atoms with Crippen molar-refractivity contribution in [1.82, 2.24) is 0 Å². The number of ether oxygens (including phenoxy) is 2. The van der Waals surface area contributed by atoms with Crippen molar-refractivity contribution < 1.29 is 19.4 Å². The van der Waals surface area contributed by atoms with E-state index in [1.165, 1.54) is 14.2 Å². The highest BCUT2D eigenvalue weighted by molar-refractivity contribution is 6.02.